The lowest BCUT2D eigenvalue weighted by Crippen LogP contribution is -2.07. The predicted octanol–water partition coefficient (Wildman–Crippen LogP) is 5.96. The maximum absolute atomic E-state index is 5.94. The van der Waals surface area contributed by atoms with E-state index in [-0.39, 0.29) is 0 Å². The number of hydrogen-bond acceptors (Lipinski definition) is 3. The smallest absolute Gasteiger partial charge is 0.142 e. The van der Waals surface area contributed by atoms with Crippen molar-refractivity contribution < 1.29 is 9.47 Å². The van der Waals surface area contributed by atoms with Gasteiger partial charge in [0.15, 0.2) is 0 Å². The quantitative estimate of drug-likeness (QED) is 0.474. The molecule has 3 heteroatoms. The predicted molar refractivity (Wildman–Crippen MR) is 116 cm³/mol. The van der Waals surface area contributed by atoms with Gasteiger partial charge in [0.2, 0.25) is 0 Å². The van der Waals surface area contributed by atoms with Crippen LogP contribution in [-0.2, 0) is 13.0 Å². The van der Waals surface area contributed by atoms with Crippen molar-refractivity contribution in [3.63, 3.8) is 0 Å². The third kappa shape index (κ3) is 6.34. The summed E-state index contributed by atoms with van der Waals surface area (Å²) in [7, 11) is 0. The first-order valence-corrected chi connectivity index (χ1v) is 9.92. The molecule has 3 aromatic carbocycles. The number of ether oxygens (including phenoxy) is 2. The van der Waals surface area contributed by atoms with Gasteiger partial charge in [-0.1, -0.05) is 68.4 Å². The number of rotatable bonds is 10. The van der Waals surface area contributed by atoms with Crippen LogP contribution >= 0.6 is 0 Å². The molecule has 28 heavy (non-hydrogen) atoms. The van der Waals surface area contributed by atoms with Crippen LogP contribution in [0, 0.1) is 5.92 Å². The Kier molecular flexibility index (Phi) is 7.36. The van der Waals surface area contributed by atoms with Gasteiger partial charge >= 0.3 is 0 Å². The molecular weight excluding hydrogens is 346 g/mol. The van der Waals surface area contributed by atoms with Crippen LogP contribution < -0.4 is 14.8 Å². The minimum absolute atomic E-state index is 0.498. The molecule has 0 unspecified atom stereocenters. The van der Waals surface area contributed by atoms with Crippen LogP contribution in [0.5, 0.6) is 11.5 Å². The summed E-state index contributed by atoms with van der Waals surface area (Å²) in [5.74, 6) is 2.30. The zero-order valence-corrected chi connectivity index (χ0v) is 16.7. The Morgan fingerprint density at radius 2 is 1.54 bits per heavy atom. The minimum Gasteiger partial charge on any atom is -0.493 e. The van der Waals surface area contributed by atoms with Crippen LogP contribution in [0.25, 0.3) is 0 Å². The highest BCUT2D eigenvalue weighted by atomic mass is 16.5. The molecule has 0 aromatic heterocycles. The fraction of sp³-hybridized carbons (Fsp3) is 0.280. The second-order valence-electron chi connectivity index (χ2n) is 7.29. The summed E-state index contributed by atoms with van der Waals surface area (Å²) in [6.07, 6.45) is 0.907. The number of nitrogens with one attached hydrogen (secondary N) is 1. The summed E-state index contributed by atoms with van der Waals surface area (Å²) in [6.45, 7) is 6.41. The van der Waals surface area contributed by atoms with Gasteiger partial charge in [-0.15, -0.1) is 0 Å². The van der Waals surface area contributed by atoms with Crippen LogP contribution in [0.1, 0.15) is 25.0 Å². The molecule has 0 bridgehead atoms. The molecule has 0 atom stereocenters. The van der Waals surface area contributed by atoms with Crippen molar-refractivity contribution in [2.24, 2.45) is 5.92 Å². The lowest BCUT2D eigenvalue weighted by molar-refractivity contribution is 0.272. The lowest BCUT2D eigenvalue weighted by Gasteiger charge is -2.15. The van der Waals surface area contributed by atoms with Crippen molar-refractivity contribution in [2.45, 2.75) is 26.8 Å². The van der Waals surface area contributed by atoms with E-state index in [1.807, 2.05) is 36.4 Å². The summed E-state index contributed by atoms with van der Waals surface area (Å²) < 4.78 is 11.9. The number of benzene rings is 3. The second-order valence-corrected chi connectivity index (χ2v) is 7.29. The average molecular weight is 376 g/mol. The highest BCUT2D eigenvalue weighted by Crippen LogP contribution is 2.25. The van der Waals surface area contributed by atoms with Crippen molar-refractivity contribution in [1.29, 1.82) is 0 Å². The van der Waals surface area contributed by atoms with E-state index in [0.29, 0.717) is 19.1 Å². The number of para-hydroxylation sites is 2. The standard InChI is InChI=1S/C25H29NO2/c1-20(2)19-28-25-14-7-6-13-24(25)26-18-22-11-8-12-23(17-22)27-16-15-21-9-4-3-5-10-21/h3-14,17,20,26H,15-16,18-19H2,1-2H3. The maximum Gasteiger partial charge on any atom is 0.142 e. The normalized spacial score (nSPS) is 10.7. The molecule has 0 radical (unpaired) electrons. The number of anilines is 1. The van der Waals surface area contributed by atoms with Crippen molar-refractivity contribution in [3.05, 3.63) is 90.0 Å². The molecule has 0 aliphatic rings. The van der Waals surface area contributed by atoms with Crippen LogP contribution in [0.15, 0.2) is 78.9 Å². The summed E-state index contributed by atoms with van der Waals surface area (Å²) in [5, 5.41) is 3.48. The van der Waals surface area contributed by atoms with E-state index < -0.39 is 0 Å². The summed E-state index contributed by atoms with van der Waals surface area (Å²) >= 11 is 0. The van der Waals surface area contributed by atoms with Crippen molar-refractivity contribution in [2.75, 3.05) is 18.5 Å². The van der Waals surface area contributed by atoms with Gasteiger partial charge < -0.3 is 14.8 Å². The van der Waals surface area contributed by atoms with Gasteiger partial charge in [0.25, 0.3) is 0 Å². The third-order valence-corrected chi connectivity index (χ3v) is 4.34. The Balaban J connectivity index is 1.53. The van der Waals surface area contributed by atoms with Crippen LogP contribution in [0.2, 0.25) is 0 Å². The van der Waals surface area contributed by atoms with Crippen molar-refractivity contribution in [3.8, 4) is 11.5 Å². The van der Waals surface area contributed by atoms with E-state index >= 15 is 0 Å². The molecule has 0 aliphatic carbocycles. The van der Waals surface area contributed by atoms with E-state index in [4.69, 9.17) is 9.47 Å². The molecular formula is C25H29NO2. The molecule has 3 nitrogen and oxygen atoms in total. The summed E-state index contributed by atoms with van der Waals surface area (Å²) in [6, 6.07) is 26.7. The molecule has 0 spiro atoms. The fourth-order valence-corrected chi connectivity index (χ4v) is 2.87. The molecule has 1 N–H and O–H groups in total. The monoisotopic (exact) mass is 375 g/mol. The molecule has 3 aromatic rings. The van der Waals surface area contributed by atoms with E-state index in [2.05, 4.69) is 61.6 Å². The van der Waals surface area contributed by atoms with Crippen molar-refractivity contribution in [1.82, 2.24) is 0 Å². The molecule has 0 saturated heterocycles. The van der Waals surface area contributed by atoms with E-state index in [1.54, 1.807) is 0 Å². The molecule has 146 valence electrons. The van der Waals surface area contributed by atoms with Crippen LogP contribution in [0.4, 0.5) is 5.69 Å². The third-order valence-electron chi connectivity index (χ3n) is 4.34. The van der Waals surface area contributed by atoms with Gasteiger partial charge in [-0.3, -0.25) is 0 Å². The molecule has 0 amide bonds. The Morgan fingerprint density at radius 3 is 2.36 bits per heavy atom. The van der Waals surface area contributed by atoms with E-state index in [1.165, 1.54) is 11.1 Å². The van der Waals surface area contributed by atoms with Gasteiger partial charge in [0, 0.05) is 13.0 Å². The van der Waals surface area contributed by atoms with Gasteiger partial charge in [-0.25, -0.2) is 0 Å². The van der Waals surface area contributed by atoms with E-state index in [9.17, 15) is 0 Å². The zero-order valence-electron chi connectivity index (χ0n) is 16.7. The Labute approximate surface area is 168 Å². The first-order valence-electron chi connectivity index (χ1n) is 9.92. The molecule has 0 fully saturated rings. The van der Waals surface area contributed by atoms with Crippen LogP contribution in [0.3, 0.4) is 0 Å². The first-order chi connectivity index (χ1) is 13.7. The second kappa shape index (κ2) is 10.4. The molecule has 3 rings (SSSR count). The molecule has 0 heterocycles. The highest BCUT2D eigenvalue weighted by molar-refractivity contribution is 5.56. The van der Waals surface area contributed by atoms with Crippen LogP contribution in [-0.4, -0.2) is 13.2 Å². The highest BCUT2D eigenvalue weighted by Gasteiger charge is 2.05. The SMILES string of the molecule is CC(C)COc1ccccc1NCc1cccc(OCCc2ccccc2)c1. The molecule has 0 saturated carbocycles. The van der Waals surface area contributed by atoms with Gasteiger partial charge in [-0.2, -0.15) is 0 Å². The van der Waals surface area contributed by atoms with Gasteiger partial charge in [-0.05, 0) is 41.3 Å². The topological polar surface area (TPSA) is 30.5 Å². The minimum atomic E-state index is 0.498. The average Bonchev–Trinajstić information content (AvgIpc) is 2.72. The fourth-order valence-electron chi connectivity index (χ4n) is 2.87. The maximum atomic E-state index is 5.94. The Hall–Kier alpha value is -2.94. The summed E-state index contributed by atoms with van der Waals surface area (Å²) in [4.78, 5) is 0. The molecule has 0 aliphatic heterocycles. The Bertz CT molecular complexity index is 846. The first kappa shape index (κ1) is 19.8. The summed E-state index contributed by atoms with van der Waals surface area (Å²) in [5.41, 5.74) is 3.48. The van der Waals surface area contributed by atoms with E-state index in [0.717, 1.165) is 30.2 Å². The lowest BCUT2D eigenvalue weighted by atomic mass is 10.2. The van der Waals surface area contributed by atoms with Crippen molar-refractivity contribution >= 4 is 5.69 Å². The zero-order chi connectivity index (χ0) is 19.6. The van der Waals surface area contributed by atoms with Gasteiger partial charge in [0.1, 0.15) is 11.5 Å². The number of hydrogen-bond donors (Lipinski definition) is 1. The Morgan fingerprint density at radius 1 is 0.786 bits per heavy atom. The van der Waals surface area contributed by atoms with Gasteiger partial charge in [0.05, 0.1) is 18.9 Å². The largest absolute Gasteiger partial charge is 0.493 e.